The van der Waals surface area contributed by atoms with Gasteiger partial charge >= 0.3 is 0 Å². The molecule has 0 bridgehead atoms. The molecule has 7 heteroatoms. The van der Waals surface area contributed by atoms with Gasteiger partial charge in [-0.05, 0) is 55.5 Å². The molecule has 25 heavy (non-hydrogen) atoms. The summed E-state index contributed by atoms with van der Waals surface area (Å²) in [5, 5.41) is 4.32. The highest BCUT2D eigenvalue weighted by Gasteiger charge is 2.12. The number of hydrogen-bond acceptors (Lipinski definition) is 6. The lowest BCUT2D eigenvalue weighted by Crippen LogP contribution is -2.02. The number of nitrogens with zero attached hydrogens (tertiary/aromatic N) is 2. The summed E-state index contributed by atoms with van der Waals surface area (Å²) in [4.78, 5) is 16.6. The van der Waals surface area contributed by atoms with Crippen LogP contribution in [0, 0.1) is 0 Å². The molecule has 3 rings (SSSR count). The average Bonchev–Trinajstić information content (AvgIpc) is 3.10. The predicted molar refractivity (Wildman–Crippen MR) is 100 cm³/mol. The van der Waals surface area contributed by atoms with Gasteiger partial charge in [0.15, 0.2) is 5.78 Å². The van der Waals surface area contributed by atoms with Crippen LogP contribution in [0.1, 0.15) is 17.3 Å². The van der Waals surface area contributed by atoms with Gasteiger partial charge in [0.05, 0.1) is 12.4 Å². The number of thioether (sulfide) groups is 1. The Morgan fingerprint density at radius 2 is 1.88 bits per heavy atom. The first kappa shape index (κ1) is 17.7. The van der Waals surface area contributed by atoms with E-state index in [1.54, 1.807) is 24.3 Å². The minimum atomic E-state index is -0.00330. The third-order valence-corrected chi connectivity index (χ3v) is 4.67. The van der Waals surface area contributed by atoms with Gasteiger partial charge in [0.25, 0.3) is 5.22 Å². The Morgan fingerprint density at radius 3 is 2.56 bits per heavy atom. The van der Waals surface area contributed by atoms with Crippen molar-refractivity contribution in [3.63, 3.8) is 0 Å². The number of ketones is 1. The van der Waals surface area contributed by atoms with Gasteiger partial charge in [0, 0.05) is 15.6 Å². The van der Waals surface area contributed by atoms with Gasteiger partial charge in [0.1, 0.15) is 5.75 Å². The van der Waals surface area contributed by atoms with Gasteiger partial charge in [-0.3, -0.25) is 4.79 Å². The molecule has 0 aliphatic carbocycles. The van der Waals surface area contributed by atoms with Gasteiger partial charge < -0.3 is 9.26 Å². The summed E-state index contributed by atoms with van der Waals surface area (Å²) in [6.45, 7) is 2.52. The fourth-order valence-electron chi connectivity index (χ4n) is 2.10. The predicted octanol–water partition coefficient (Wildman–Crippen LogP) is 4.87. The van der Waals surface area contributed by atoms with E-state index in [2.05, 4.69) is 26.1 Å². The van der Waals surface area contributed by atoms with Crippen molar-refractivity contribution in [3.05, 3.63) is 58.6 Å². The maximum atomic E-state index is 12.2. The molecule has 0 saturated carbocycles. The molecule has 1 heterocycles. The van der Waals surface area contributed by atoms with E-state index in [-0.39, 0.29) is 11.5 Å². The first-order valence-electron chi connectivity index (χ1n) is 7.64. The third-order valence-electron chi connectivity index (χ3n) is 3.32. The van der Waals surface area contributed by atoms with Gasteiger partial charge in [-0.25, -0.2) is 0 Å². The summed E-state index contributed by atoms with van der Waals surface area (Å²) >= 11 is 4.61. The highest BCUT2D eigenvalue weighted by atomic mass is 79.9. The molecular weight excluding hydrogens is 404 g/mol. The molecule has 0 atom stereocenters. The largest absolute Gasteiger partial charge is 0.494 e. The van der Waals surface area contributed by atoms with Crippen LogP contribution in [0.15, 0.2) is 62.7 Å². The zero-order chi connectivity index (χ0) is 17.6. The number of carbonyl (C=O) groups excluding carboxylic acids is 1. The molecule has 0 amide bonds. The van der Waals surface area contributed by atoms with E-state index < -0.39 is 0 Å². The standard InChI is InChI=1S/C18H15BrN2O3S/c1-2-23-15-9-5-12(6-10-15)16(22)11-25-18-20-17(21-24-18)13-3-7-14(19)8-4-13/h3-10H,2,11H2,1H3. The highest BCUT2D eigenvalue weighted by Crippen LogP contribution is 2.23. The minimum absolute atomic E-state index is 0.00330. The molecule has 0 radical (unpaired) electrons. The molecule has 0 N–H and O–H groups in total. The first-order chi connectivity index (χ1) is 12.2. The quantitative estimate of drug-likeness (QED) is 0.402. The van der Waals surface area contributed by atoms with Crippen molar-refractivity contribution in [2.24, 2.45) is 0 Å². The average molecular weight is 419 g/mol. The summed E-state index contributed by atoms with van der Waals surface area (Å²) in [5.74, 6) is 1.48. The Bertz CT molecular complexity index is 848. The maximum absolute atomic E-state index is 12.2. The monoisotopic (exact) mass is 418 g/mol. The number of benzene rings is 2. The van der Waals surface area contributed by atoms with Crippen molar-refractivity contribution in [1.29, 1.82) is 0 Å². The van der Waals surface area contributed by atoms with Crippen molar-refractivity contribution in [2.75, 3.05) is 12.4 Å². The van der Waals surface area contributed by atoms with Gasteiger partial charge in [-0.2, -0.15) is 4.98 Å². The summed E-state index contributed by atoms with van der Waals surface area (Å²) in [6, 6.07) is 14.7. The molecule has 1 aromatic heterocycles. The van der Waals surface area contributed by atoms with E-state index in [4.69, 9.17) is 9.26 Å². The number of hydrogen-bond donors (Lipinski definition) is 0. The summed E-state index contributed by atoms with van der Waals surface area (Å²) in [5.41, 5.74) is 1.49. The van der Waals surface area contributed by atoms with E-state index in [0.717, 1.165) is 15.8 Å². The second-order valence-electron chi connectivity index (χ2n) is 5.06. The molecule has 0 saturated heterocycles. The summed E-state index contributed by atoms with van der Waals surface area (Å²) < 4.78 is 11.6. The number of aromatic nitrogens is 2. The maximum Gasteiger partial charge on any atom is 0.286 e. The zero-order valence-corrected chi connectivity index (χ0v) is 15.8. The van der Waals surface area contributed by atoms with Crippen LogP contribution in [0.25, 0.3) is 11.4 Å². The number of halogens is 1. The Labute approximate surface area is 157 Å². The SMILES string of the molecule is CCOc1ccc(C(=O)CSc2nc(-c3ccc(Br)cc3)no2)cc1. The molecule has 128 valence electrons. The molecule has 2 aromatic carbocycles. The van der Waals surface area contributed by atoms with Crippen molar-refractivity contribution >= 4 is 33.5 Å². The molecule has 0 unspecified atom stereocenters. The Hall–Kier alpha value is -2.12. The van der Waals surface area contributed by atoms with Crippen molar-refractivity contribution in [3.8, 4) is 17.1 Å². The van der Waals surface area contributed by atoms with E-state index >= 15 is 0 Å². The van der Waals surface area contributed by atoms with Crippen molar-refractivity contribution < 1.29 is 14.1 Å². The van der Waals surface area contributed by atoms with Gasteiger partial charge in [-0.1, -0.05) is 32.8 Å². The van der Waals surface area contributed by atoms with E-state index in [1.165, 1.54) is 11.8 Å². The first-order valence-corrected chi connectivity index (χ1v) is 9.42. The molecule has 3 aromatic rings. The van der Waals surface area contributed by atoms with Crippen LogP contribution >= 0.6 is 27.7 Å². The normalized spacial score (nSPS) is 10.6. The third kappa shape index (κ3) is 4.70. The van der Waals surface area contributed by atoms with Crippen LogP contribution < -0.4 is 4.74 Å². The Kier molecular flexibility index (Phi) is 5.88. The lowest BCUT2D eigenvalue weighted by Gasteiger charge is -2.03. The fourth-order valence-corrected chi connectivity index (χ4v) is 3.03. The second kappa shape index (κ2) is 8.31. The van der Waals surface area contributed by atoms with Crippen LogP contribution in [0.3, 0.4) is 0 Å². The number of rotatable bonds is 7. The van der Waals surface area contributed by atoms with Crippen LogP contribution in [0.5, 0.6) is 5.75 Å². The van der Waals surface area contributed by atoms with Crippen LogP contribution in [-0.2, 0) is 0 Å². The Balaban J connectivity index is 1.60. The fraction of sp³-hybridized carbons (Fsp3) is 0.167. The zero-order valence-electron chi connectivity index (χ0n) is 13.4. The number of carbonyl (C=O) groups is 1. The van der Waals surface area contributed by atoms with Crippen molar-refractivity contribution in [2.45, 2.75) is 12.1 Å². The Morgan fingerprint density at radius 1 is 1.16 bits per heavy atom. The smallest absolute Gasteiger partial charge is 0.286 e. The van der Waals surface area contributed by atoms with Gasteiger partial charge in [0.2, 0.25) is 5.82 Å². The number of Topliss-reactive ketones (excluding diaryl/α,β-unsaturated/α-hetero) is 1. The van der Waals surface area contributed by atoms with E-state index in [0.29, 0.717) is 23.2 Å². The van der Waals surface area contributed by atoms with Crippen LogP contribution in [-0.4, -0.2) is 28.3 Å². The molecule has 0 fully saturated rings. The molecule has 5 nitrogen and oxygen atoms in total. The van der Waals surface area contributed by atoms with E-state index in [1.807, 2.05) is 31.2 Å². The molecule has 0 spiro atoms. The minimum Gasteiger partial charge on any atom is -0.494 e. The van der Waals surface area contributed by atoms with Crippen LogP contribution in [0.4, 0.5) is 0 Å². The molecule has 0 aliphatic heterocycles. The molecular formula is C18H15BrN2O3S. The molecule has 0 aliphatic rings. The summed E-state index contributed by atoms with van der Waals surface area (Å²) in [7, 11) is 0. The number of ether oxygens (including phenoxy) is 1. The topological polar surface area (TPSA) is 65.2 Å². The lowest BCUT2D eigenvalue weighted by molar-refractivity contribution is 0.102. The second-order valence-corrected chi connectivity index (χ2v) is 6.90. The van der Waals surface area contributed by atoms with E-state index in [9.17, 15) is 4.79 Å². The van der Waals surface area contributed by atoms with Crippen molar-refractivity contribution in [1.82, 2.24) is 10.1 Å². The van der Waals surface area contributed by atoms with Gasteiger partial charge in [-0.15, -0.1) is 0 Å². The lowest BCUT2D eigenvalue weighted by atomic mass is 10.1. The van der Waals surface area contributed by atoms with Crippen LogP contribution in [0.2, 0.25) is 0 Å². The highest BCUT2D eigenvalue weighted by molar-refractivity contribution is 9.10. The summed E-state index contributed by atoms with van der Waals surface area (Å²) in [6.07, 6.45) is 0.